The number of halogens is 1. The molecule has 0 saturated heterocycles. The van der Waals surface area contributed by atoms with Crippen LogP contribution in [0.1, 0.15) is 5.56 Å². The second-order valence-corrected chi connectivity index (χ2v) is 7.11. The molecule has 0 aliphatic carbocycles. The Kier molecular flexibility index (Phi) is 6.61. The van der Waals surface area contributed by atoms with E-state index in [1.54, 1.807) is 36.4 Å². The molecule has 0 bridgehead atoms. The number of thioether (sulfide) groups is 1. The molecule has 1 heterocycles. The predicted octanol–water partition coefficient (Wildman–Crippen LogP) is 1.54. The third-order valence-electron chi connectivity index (χ3n) is 4.14. The minimum Gasteiger partial charge on any atom is -0.358 e. The first kappa shape index (κ1) is 20.5. The molecule has 0 aliphatic rings. The number of carbonyl (C=O) groups is 2. The average Bonchev–Trinajstić information content (AvgIpc) is 2.74. The summed E-state index contributed by atoms with van der Waals surface area (Å²) in [7, 11) is 1.48. The van der Waals surface area contributed by atoms with Crippen LogP contribution in [-0.2, 0) is 16.1 Å². The van der Waals surface area contributed by atoms with E-state index in [9.17, 15) is 18.8 Å². The smallest absolute Gasteiger partial charge is 0.262 e. The van der Waals surface area contributed by atoms with Crippen LogP contribution >= 0.6 is 11.8 Å². The molecule has 9 heteroatoms. The summed E-state index contributed by atoms with van der Waals surface area (Å²) in [5, 5.41) is 5.75. The average molecular weight is 414 g/mol. The van der Waals surface area contributed by atoms with Crippen molar-refractivity contribution < 1.29 is 14.0 Å². The molecule has 29 heavy (non-hydrogen) atoms. The van der Waals surface area contributed by atoms with Crippen LogP contribution in [0.5, 0.6) is 0 Å². The topological polar surface area (TPSA) is 93.1 Å². The normalized spacial score (nSPS) is 10.7. The molecule has 0 atom stereocenters. The minimum absolute atomic E-state index is 0.00874. The number of carbonyl (C=O) groups excluding carboxylic acids is 2. The molecule has 2 aromatic carbocycles. The summed E-state index contributed by atoms with van der Waals surface area (Å²) >= 11 is 1.10. The van der Waals surface area contributed by atoms with Gasteiger partial charge in [0.2, 0.25) is 11.8 Å². The maximum Gasteiger partial charge on any atom is 0.262 e. The number of hydrogen-bond acceptors (Lipinski definition) is 5. The Labute approximate surface area is 170 Å². The Morgan fingerprint density at radius 1 is 1.10 bits per heavy atom. The molecule has 0 unspecified atom stereocenters. The van der Waals surface area contributed by atoms with E-state index in [4.69, 9.17) is 0 Å². The first-order valence-corrected chi connectivity index (χ1v) is 9.80. The number of hydrogen-bond donors (Lipinski definition) is 2. The maximum absolute atomic E-state index is 13.2. The van der Waals surface area contributed by atoms with Crippen molar-refractivity contribution in [3.05, 3.63) is 70.3 Å². The van der Waals surface area contributed by atoms with Crippen molar-refractivity contribution in [1.82, 2.24) is 20.2 Å². The monoisotopic (exact) mass is 414 g/mol. The largest absolute Gasteiger partial charge is 0.358 e. The zero-order chi connectivity index (χ0) is 20.8. The van der Waals surface area contributed by atoms with Crippen LogP contribution in [0.2, 0.25) is 0 Å². The minimum atomic E-state index is -0.361. The number of nitrogens with zero attached hydrogens (tertiary/aromatic N) is 2. The number of para-hydroxylation sites is 1. The Bertz CT molecular complexity index is 1100. The van der Waals surface area contributed by atoms with Crippen molar-refractivity contribution in [3.63, 3.8) is 0 Å². The fraction of sp³-hybridized carbons (Fsp3) is 0.200. The van der Waals surface area contributed by atoms with Crippen molar-refractivity contribution >= 4 is 34.5 Å². The highest BCUT2D eigenvalue weighted by atomic mass is 32.2. The van der Waals surface area contributed by atoms with Gasteiger partial charge in [-0.05, 0) is 29.8 Å². The molecular weight excluding hydrogens is 395 g/mol. The molecular formula is C20H19FN4O3S. The highest BCUT2D eigenvalue weighted by Gasteiger charge is 2.14. The number of fused-ring (bicyclic) bond motifs is 1. The highest BCUT2D eigenvalue weighted by molar-refractivity contribution is 7.99. The zero-order valence-corrected chi connectivity index (χ0v) is 16.5. The van der Waals surface area contributed by atoms with Gasteiger partial charge in [0.1, 0.15) is 5.82 Å². The van der Waals surface area contributed by atoms with Gasteiger partial charge >= 0.3 is 0 Å². The zero-order valence-electron chi connectivity index (χ0n) is 15.6. The van der Waals surface area contributed by atoms with Crippen LogP contribution < -0.4 is 16.2 Å². The van der Waals surface area contributed by atoms with Crippen LogP contribution in [0.25, 0.3) is 10.9 Å². The van der Waals surface area contributed by atoms with Gasteiger partial charge in [0.15, 0.2) is 5.16 Å². The molecule has 2 amide bonds. The lowest BCUT2D eigenvalue weighted by Gasteiger charge is -2.13. The maximum atomic E-state index is 13.2. The van der Waals surface area contributed by atoms with Gasteiger partial charge in [0, 0.05) is 7.05 Å². The second kappa shape index (κ2) is 9.33. The Hall–Kier alpha value is -3.20. The van der Waals surface area contributed by atoms with Crippen LogP contribution in [0.3, 0.4) is 0 Å². The summed E-state index contributed by atoms with van der Waals surface area (Å²) in [6, 6.07) is 12.8. The van der Waals surface area contributed by atoms with Gasteiger partial charge in [-0.3, -0.25) is 19.0 Å². The first-order valence-electron chi connectivity index (χ1n) is 8.82. The molecule has 150 valence electrons. The molecule has 0 radical (unpaired) electrons. The van der Waals surface area contributed by atoms with Crippen molar-refractivity contribution in [3.8, 4) is 0 Å². The van der Waals surface area contributed by atoms with Crippen LogP contribution in [-0.4, -0.2) is 40.7 Å². The van der Waals surface area contributed by atoms with Crippen molar-refractivity contribution in [2.45, 2.75) is 11.7 Å². The van der Waals surface area contributed by atoms with Crippen molar-refractivity contribution in [2.24, 2.45) is 0 Å². The molecule has 3 aromatic rings. The van der Waals surface area contributed by atoms with Crippen LogP contribution in [0, 0.1) is 5.82 Å². The summed E-state index contributed by atoms with van der Waals surface area (Å²) < 4.78 is 14.7. The van der Waals surface area contributed by atoms with Gasteiger partial charge in [0.25, 0.3) is 5.56 Å². The van der Waals surface area contributed by atoms with E-state index in [1.165, 1.54) is 23.7 Å². The SMILES string of the molecule is CNC(=O)CNC(=O)CSc1nc2ccccc2c(=O)n1Cc1ccc(F)cc1. The highest BCUT2D eigenvalue weighted by Crippen LogP contribution is 2.19. The lowest BCUT2D eigenvalue weighted by atomic mass is 10.2. The molecule has 7 nitrogen and oxygen atoms in total. The first-order chi connectivity index (χ1) is 14.0. The van der Waals surface area contributed by atoms with Gasteiger partial charge in [-0.1, -0.05) is 36.0 Å². The summed E-state index contributed by atoms with van der Waals surface area (Å²) in [4.78, 5) is 40.8. The molecule has 2 N–H and O–H groups in total. The van der Waals surface area contributed by atoms with Gasteiger partial charge in [-0.2, -0.15) is 0 Å². The Morgan fingerprint density at radius 2 is 1.83 bits per heavy atom. The number of rotatable bonds is 7. The molecule has 0 aliphatic heterocycles. The molecule has 0 fully saturated rings. The van der Waals surface area contributed by atoms with E-state index < -0.39 is 0 Å². The third-order valence-corrected chi connectivity index (χ3v) is 5.11. The Morgan fingerprint density at radius 3 is 2.55 bits per heavy atom. The van der Waals surface area contributed by atoms with E-state index >= 15 is 0 Å². The van der Waals surface area contributed by atoms with E-state index in [1.807, 2.05) is 0 Å². The quantitative estimate of drug-likeness (QED) is 0.452. The van der Waals surface area contributed by atoms with Gasteiger partial charge in [-0.15, -0.1) is 0 Å². The van der Waals surface area contributed by atoms with Gasteiger partial charge < -0.3 is 10.6 Å². The molecule has 0 spiro atoms. The fourth-order valence-electron chi connectivity index (χ4n) is 2.62. The number of benzene rings is 2. The number of aromatic nitrogens is 2. The van der Waals surface area contributed by atoms with E-state index in [0.717, 1.165) is 17.3 Å². The van der Waals surface area contributed by atoms with Crippen molar-refractivity contribution in [2.75, 3.05) is 19.3 Å². The molecule has 1 aromatic heterocycles. The fourth-order valence-corrected chi connectivity index (χ4v) is 3.45. The van der Waals surface area contributed by atoms with E-state index in [-0.39, 0.29) is 42.0 Å². The summed E-state index contributed by atoms with van der Waals surface area (Å²) in [5.41, 5.74) is 1.02. The number of amides is 2. The summed E-state index contributed by atoms with van der Waals surface area (Å²) in [5.74, 6) is -1.03. The van der Waals surface area contributed by atoms with Crippen LogP contribution in [0.15, 0.2) is 58.5 Å². The summed E-state index contributed by atoms with van der Waals surface area (Å²) in [6.07, 6.45) is 0. The predicted molar refractivity (Wildman–Crippen MR) is 109 cm³/mol. The second-order valence-electron chi connectivity index (χ2n) is 6.17. The van der Waals surface area contributed by atoms with Gasteiger partial charge in [0.05, 0.1) is 29.7 Å². The lowest BCUT2D eigenvalue weighted by Crippen LogP contribution is -2.36. The van der Waals surface area contributed by atoms with Gasteiger partial charge in [-0.25, -0.2) is 9.37 Å². The number of likely N-dealkylation sites (N-methyl/N-ethyl adjacent to an activating group) is 1. The van der Waals surface area contributed by atoms with E-state index in [2.05, 4.69) is 15.6 Å². The Balaban J connectivity index is 1.87. The van der Waals surface area contributed by atoms with E-state index in [0.29, 0.717) is 16.1 Å². The van der Waals surface area contributed by atoms with Crippen LogP contribution in [0.4, 0.5) is 4.39 Å². The summed E-state index contributed by atoms with van der Waals surface area (Å²) in [6.45, 7) is 0.0720. The van der Waals surface area contributed by atoms with Crippen molar-refractivity contribution in [1.29, 1.82) is 0 Å². The molecule has 0 saturated carbocycles. The third kappa shape index (κ3) is 5.20. The molecule has 3 rings (SSSR count). The lowest BCUT2D eigenvalue weighted by molar-refractivity contribution is -0.124. The number of nitrogens with one attached hydrogen (secondary N) is 2. The standard InChI is InChI=1S/C20H19FN4O3S/c1-22-17(26)10-23-18(27)12-29-20-24-16-5-3-2-4-15(16)19(28)25(20)11-13-6-8-14(21)9-7-13/h2-9H,10-12H2,1H3,(H,22,26)(H,23,27).